The van der Waals surface area contributed by atoms with Crippen LogP contribution in [0.25, 0.3) is 6.08 Å². The second-order valence-electron chi connectivity index (χ2n) is 8.20. The van der Waals surface area contributed by atoms with E-state index in [1.54, 1.807) is 23.9 Å². The highest BCUT2D eigenvalue weighted by atomic mass is 32.2. The summed E-state index contributed by atoms with van der Waals surface area (Å²) in [4.78, 5) is 8.05. The van der Waals surface area contributed by atoms with E-state index in [-0.39, 0.29) is 0 Å². The number of thioether (sulfide) groups is 1. The fourth-order valence-electron chi connectivity index (χ4n) is 3.69. The van der Waals surface area contributed by atoms with Gasteiger partial charge in [0, 0.05) is 36.3 Å². The zero-order valence-electron chi connectivity index (χ0n) is 19.3. The van der Waals surface area contributed by atoms with Crippen LogP contribution in [0.2, 0.25) is 0 Å². The molecule has 170 valence electrons. The SMILES string of the molecule is CC[n+]1cc(Cc2ccc(C)cc2)cnc1C=CC=C1Sc2cc(S(C)(=O)=O)ccc2N1C. The second kappa shape index (κ2) is 9.53. The first kappa shape index (κ1) is 23.3. The number of hydrogen-bond donors (Lipinski definition) is 0. The van der Waals surface area contributed by atoms with Crippen LogP contribution in [-0.2, 0) is 22.8 Å². The van der Waals surface area contributed by atoms with Gasteiger partial charge >= 0.3 is 5.82 Å². The lowest BCUT2D eigenvalue weighted by atomic mass is 10.1. The molecule has 0 spiro atoms. The lowest BCUT2D eigenvalue weighted by Crippen LogP contribution is -2.37. The Morgan fingerprint density at radius 2 is 1.88 bits per heavy atom. The summed E-state index contributed by atoms with van der Waals surface area (Å²) in [7, 11) is -1.23. The molecule has 0 saturated carbocycles. The van der Waals surface area contributed by atoms with E-state index >= 15 is 0 Å². The lowest BCUT2D eigenvalue weighted by molar-refractivity contribution is -0.698. The molecule has 0 atom stereocenters. The third-order valence-electron chi connectivity index (χ3n) is 5.60. The first-order chi connectivity index (χ1) is 15.7. The molecule has 2 aromatic carbocycles. The lowest BCUT2D eigenvalue weighted by Gasteiger charge is -2.12. The predicted molar refractivity (Wildman–Crippen MR) is 135 cm³/mol. The Kier molecular flexibility index (Phi) is 6.72. The van der Waals surface area contributed by atoms with E-state index in [4.69, 9.17) is 0 Å². The first-order valence-electron chi connectivity index (χ1n) is 10.8. The van der Waals surface area contributed by atoms with Crippen LogP contribution in [0.15, 0.2) is 81.8 Å². The largest absolute Gasteiger partial charge is 0.338 e. The number of aromatic nitrogens is 2. The van der Waals surface area contributed by atoms with Gasteiger partial charge in [-0.2, -0.15) is 0 Å². The molecule has 1 aliphatic heterocycles. The zero-order chi connectivity index (χ0) is 23.6. The van der Waals surface area contributed by atoms with Gasteiger partial charge < -0.3 is 4.90 Å². The van der Waals surface area contributed by atoms with Gasteiger partial charge in [-0.15, -0.1) is 0 Å². The van der Waals surface area contributed by atoms with E-state index in [9.17, 15) is 8.42 Å². The van der Waals surface area contributed by atoms with Crippen molar-refractivity contribution in [1.82, 2.24) is 4.98 Å². The Labute approximate surface area is 200 Å². The predicted octanol–water partition coefficient (Wildman–Crippen LogP) is 4.79. The van der Waals surface area contributed by atoms with Gasteiger partial charge in [-0.1, -0.05) is 47.7 Å². The average molecular weight is 479 g/mol. The van der Waals surface area contributed by atoms with Crippen molar-refractivity contribution < 1.29 is 13.0 Å². The summed E-state index contributed by atoms with van der Waals surface area (Å²) in [5.74, 6) is 0.893. The summed E-state index contributed by atoms with van der Waals surface area (Å²) in [5.41, 5.74) is 4.73. The van der Waals surface area contributed by atoms with Gasteiger partial charge in [0.15, 0.2) is 9.84 Å². The monoisotopic (exact) mass is 478 g/mol. The summed E-state index contributed by atoms with van der Waals surface area (Å²) < 4.78 is 25.9. The van der Waals surface area contributed by atoms with Crippen LogP contribution in [0.4, 0.5) is 5.69 Å². The maximum atomic E-state index is 11.9. The van der Waals surface area contributed by atoms with Gasteiger partial charge in [0.1, 0.15) is 6.20 Å². The minimum Gasteiger partial charge on any atom is -0.338 e. The van der Waals surface area contributed by atoms with Crippen molar-refractivity contribution in [2.24, 2.45) is 0 Å². The van der Waals surface area contributed by atoms with E-state index < -0.39 is 9.84 Å². The van der Waals surface area contributed by atoms with Crippen LogP contribution >= 0.6 is 11.8 Å². The van der Waals surface area contributed by atoms with Crippen molar-refractivity contribution in [2.45, 2.75) is 36.6 Å². The number of hydrogen-bond acceptors (Lipinski definition) is 5. The molecule has 0 fully saturated rings. The van der Waals surface area contributed by atoms with Crippen molar-refractivity contribution in [1.29, 1.82) is 0 Å². The van der Waals surface area contributed by atoms with Crippen molar-refractivity contribution in [3.05, 3.63) is 94.6 Å². The van der Waals surface area contributed by atoms with Gasteiger partial charge in [-0.3, -0.25) is 0 Å². The molecule has 0 aliphatic carbocycles. The summed E-state index contributed by atoms with van der Waals surface area (Å²) in [6.07, 6.45) is 12.2. The minimum atomic E-state index is -3.22. The zero-order valence-corrected chi connectivity index (χ0v) is 21.0. The second-order valence-corrected chi connectivity index (χ2v) is 11.3. The van der Waals surface area contributed by atoms with Crippen molar-refractivity contribution in [2.75, 3.05) is 18.2 Å². The summed E-state index contributed by atoms with van der Waals surface area (Å²) in [6.45, 7) is 5.04. The topological polar surface area (TPSA) is 54.2 Å². The van der Waals surface area contributed by atoms with E-state index in [0.717, 1.165) is 34.4 Å². The van der Waals surface area contributed by atoms with Crippen molar-refractivity contribution >= 4 is 33.4 Å². The number of sulfone groups is 1. The molecular formula is C26H28N3O2S2+. The fraction of sp³-hybridized carbons (Fsp3) is 0.231. The molecule has 0 saturated heterocycles. The Morgan fingerprint density at radius 3 is 2.58 bits per heavy atom. The standard InChI is InChI=1S/C26H28N3O2S2/c1-5-29-18-21(15-20-11-9-19(2)10-12-20)17-27-25(29)7-6-8-26-28(3)23-14-13-22(33(4,30)31)16-24(23)32-26/h6-14,16-18H,5,15H2,1-4H3/q+1. The van der Waals surface area contributed by atoms with Crippen molar-refractivity contribution in [3.8, 4) is 0 Å². The summed E-state index contributed by atoms with van der Waals surface area (Å²) in [6, 6.07) is 13.9. The molecule has 1 aromatic heterocycles. The third-order valence-corrected chi connectivity index (χ3v) is 7.87. The Morgan fingerprint density at radius 1 is 1.12 bits per heavy atom. The molecule has 0 amide bonds. The normalized spacial score (nSPS) is 14.9. The number of anilines is 1. The Balaban J connectivity index is 1.50. The maximum absolute atomic E-state index is 11.9. The molecule has 2 heterocycles. The fourth-order valence-corrected chi connectivity index (χ4v) is 5.52. The smallest absolute Gasteiger partial charge is 0.322 e. The van der Waals surface area contributed by atoms with E-state index in [1.165, 1.54) is 22.9 Å². The molecule has 5 nitrogen and oxygen atoms in total. The van der Waals surface area contributed by atoms with Crippen molar-refractivity contribution in [3.63, 3.8) is 0 Å². The van der Waals surface area contributed by atoms with Crippen LogP contribution in [0, 0.1) is 6.92 Å². The molecule has 0 unspecified atom stereocenters. The van der Waals surface area contributed by atoms with Crippen LogP contribution in [0.3, 0.4) is 0 Å². The van der Waals surface area contributed by atoms with E-state index in [1.807, 2.05) is 37.5 Å². The molecule has 33 heavy (non-hydrogen) atoms. The summed E-state index contributed by atoms with van der Waals surface area (Å²) in [5, 5.41) is 1.03. The van der Waals surface area contributed by atoms with Gasteiger partial charge in [-0.25, -0.2) is 13.0 Å². The van der Waals surface area contributed by atoms with Gasteiger partial charge in [0.2, 0.25) is 0 Å². The molecule has 3 aromatic rings. The molecule has 4 rings (SSSR count). The number of nitrogens with zero attached hydrogens (tertiary/aromatic N) is 3. The molecular weight excluding hydrogens is 450 g/mol. The highest BCUT2D eigenvalue weighted by Gasteiger charge is 2.23. The van der Waals surface area contributed by atoms with Crippen LogP contribution in [0.1, 0.15) is 29.4 Å². The number of aryl methyl sites for hydroxylation is 2. The molecule has 0 N–H and O–H groups in total. The minimum absolute atomic E-state index is 0.345. The number of benzene rings is 2. The molecule has 0 radical (unpaired) electrons. The van der Waals surface area contributed by atoms with Gasteiger partial charge in [-0.05, 0) is 48.7 Å². The summed E-state index contributed by atoms with van der Waals surface area (Å²) >= 11 is 1.57. The van der Waals surface area contributed by atoms with Gasteiger partial charge in [0.05, 0.1) is 28.4 Å². The Hall–Kier alpha value is -2.90. The van der Waals surface area contributed by atoms with Crippen LogP contribution in [-0.4, -0.2) is 26.7 Å². The first-order valence-corrected chi connectivity index (χ1v) is 13.5. The average Bonchev–Trinajstić information content (AvgIpc) is 3.10. The number of rotatable bonds is 6. The van der Waals surface area contributed by atoms with Gasteiger partial charge in [0.25, 0.3) is 0 Å². The van der Waals surface area contributed by atoms with Crippen LogP contribution < -0.4 is 9.47 Å². The molecule has 7 heteroatoms. The quantitative estimate of drug-likeness (QED) is 0.477. The van der Waals surface area contributed by atoms with Crippen LogP contribution in [0.5, 0.6) is 0 Å². The van der Waals surface area contributed by atoms with E-state index in [0.29, 0.717) is 4.90 Å². The highest BCUT2D eigenvalue weighted by Crippen LogP contribution is 2.45. The maximum Gasteiger partial charge on any atom is 0.322 e. The molecule has 0 bridgehead atoms. The third kappa shape index (κ3) is 5.37. The Bertz CT molecular complexity index is 1340. The number of allylic oxidation sites excluding steroid dienone is 2. The number of fused-ring (bicyclic) bond motifs is 1. The highest BCUT2D eigenvalue weighted by molar-refractivity contribution is 8.03. The van der Waals surface area contributed by atoms with E-state index in [2.05, 4.69) is 58.8 Å². The molecule has 1 aliphatic rings.